The lowest BCUT2D eigenvalue weighted by Gasteiger charge is -2.09. The minimum atomic E-state index is -0.303. The third kappa shape index (κ3) is 5.27. The number of carbonyl (C=O) groups is 1. The third-order valence-corrected chi connectivity index (χ3v) is 3.57. The summed E-state index contributed by atoms with van der Waals surface area (Å²) in [6.45, 7) is 2.77. The maximum atomic E-state index is 13.0. The summed E-state index contributed by atoms with van der Waals surface area (Å²) < 4.78 is 13.4. The molecule has 0 spiro atoms. The molecule has 0 heterocycles. The summed E-state index contributed by atoms with van der Waals surface area (Å²) in [5.74, 6) is 0.374. The second kappa shape index (κ2) is 7.64. The van der Waals surface area contributed by atoms with Crippen LogP contribution in [0.1, 0.15) is 31.7 Å². The quantitative estimate of drug-likeness (QED) is 0.837. The van der Waals surface area contributed by atoms with Crippen molar-refractivity contribution in [2.45, 2.75) is 32.6 Å². The van der Waals surface area contributed by atoms with Gasteiger partial charge in [-0.25, -0.2) is 4.39 Å². The number of nitrogens with two attached hydrogens (primary N) is 1. The van der Waals surface area contributed by atoms with Crippen molar-refractivity contribution >= 4 is 21.7 Å². The molecule has 18 heavy (non-hydrogen) atoms. The molecule has 0 aliphatic carbocycles. The van der Waals surface area contributed by atoms with Crippen molar-refractivity contribution in [1.82, 2.24) is 0 Å². The van der Waals surface area contributed by atoms with Crippen LogP contribution in [0.5, 0.6) is 0 Å². The van der Waals surface area contributed by atoms with Crippen LogP contribution in [0.4, 0.5) is 4.39 Å². The van der Waals surface area contributed by atoms with Crippen molar-refractivity contribution in [2.75, 3.05) is 6.54 Å². The van der Waals surface area contributed by atoms with Crippen LogP contribution in [-0.4, -0.2) is 12.3 Å². The normalized spacial score (nSPS) is 12.4. The lowest BCUT2D eigenvalue weighted by molar-refractivity contribution is -0.118. The fourth-order valence-electron chi connectivity index (χ4n) is 1.80. The first-order chi connectivity index (χ1) is 8.52. The van der Waals surface area contributed by atoms with Crippen LogP contribution in [0.15, 0.2) is 22.7 Å². The molecular weight excluding hydrogens is 297 g/mol. The van der Waals surface area contributed by atoms with Crippen molar-refractivity contribution in [1.29, 1.82) is 0 Å². The minimum Gasteiger partial charge on any atom is -0.330 e. The first-order valence-electron chi connectivity index (χ1n) is 6.18. The molecule has 100 valence electrons. The molecule has 0 saturated carbocycles. The van der Waals surface area contributed by atoms with Crippen molar-refractivity contribution in [3.8, 4) is 0 Å². The van der Waals surface area contributed by atoms with Crippen molar-refractivity contribution in [3.63, 3.8) is 0 Å². The van der Waals surface area contributed by atoms with Gasteiger partial charge in [0.05, 0.1) is 4.47 Å². The van der Waals surface area contributed by atoms with Crippen LogP contribution in [0.3, 0.4) is 0 Å². The van der Waals surface area contributed by atoms with Crippen LogP contribution < -0.4 is 5.73 Å². The average Bonchev–Trinajstić information content (AvgIpc) is 2.32. The molecule has 1 aromatic rings. The monoisotopic (exact) mass is 315 g/mol. The summed E-state index contributed by atoms with van der Waals surface area (Å²) in [7, 11) is 0. The maximum Gasteiger partial charge on any atom is 0.137 e. The summed E-state index contributed by atoms with van der Waals surface area (Å²) in [5.41, 5.74) is 6.31. The summed E-state index contributed by atoms with van der Waals surface area (Å²) in [5, 5.41) is 0. The third-order valence-electron chi connectivity index (χ3n) is 2.96. The molecule has 0 saturated heterocycles. The number of Topliss-reactive ketones (excluding diaryl/α,β-unsaturated/α-hetero) is 1. The van der Waals surface area contributed by atoms with Crippen molar-refractivity contribution < 1.29 is 9.18 Å². The fraction of sp³-hybridized carbons (Fsp3) is 0.500. The molecule has 0 fully saturated rings. The Labute approximate surface area is 116 Å². The fourth-order valence-corrected chi connectivity index (χ4v) is 2.23. The van der Waals surface area contributed by atoms with Crippen LogP contribution in [0.2, 0.25) is 0 Å². The molecule has 0 amide bonds. The average molecular weight is 316 g/mol. The van der Waals surface area contributed by atoms with Gasteiger partial charge >= 0.3 is 0 Å². The standard InChI is InChI=1S/C14H19BrFNO/c1-10(6-7-17)2-4-12(18)8-11-3-5-14(16)13(15)9-11/h3,5,9-10H,2,4,6-8,17H2,1H3. The van der Waals surface area contributed by atoms with Crippen LogP contribution in [0, 0.1) is 11.7 Å². The molecule has 2 N–H and O–H groups in total. The summed E-state index contributed by atoms with van der Waals surface area (Å²) in [6.07, 6.45) is 2.76. The lowest BCUT2D eigenvalue weighted by Crippen LogP contribution is -2.09. The Hall–Kier alpha value is -0.740. The largest absolute Gasteiger partial charge is 0.330 e. The van der Waals surface area contributed by atoms with Crippen LogP contribution in [-0.2, 0) is 11.2 Å². The summed E-state index contributed by atoms with van der Waals surface area (Å²) in [4.78, 5) is 11.8. The molecule has 0 radical (unpaired) electrons. The molecule has 0 bridgehead atoms. The summed E-state index contributed by atoms with van der Waals surface area (Å²) in [6, 6.07) is 4.70. The van der Waals surface area contributed by atoms with Crippen molar-refractivity contribution in [2.24, 2.45) is 11.7 Å². The highest BCUT2D eigenvalue weighted by Crippen LogP contribution is 2.18. The Bertz CT molecular complexity index is 409. The Balaban J connectivity index is 2.42. The SMILES string of the molecule is CC(CCN)CCC(=O)Cc1ccc(F)c(Br)c1. The Kier molecular flexibility index (Phi) is 6.50. The number of hydrogen-bond acceptors (Lipinski definition) is 2. The van der Waals surface area contributed by atoms with Crippen molar-refractivity contribution in [3.05, 3.63) is 34.1 Å². The predicted octanol–water partition coefficient (Wildman–Crippen LogP) is 3.46. The van der Waals surface area contributed by atoms with Gasteiger partial charge in [-0.05, 0) is 58.9 Å². The van der Waals surface area contributed by atoms with Gasteiger partial charge in [-0.15, -0.1) is 0 Å². The van der Waals surface area contributed by atoms with Gasteiger partial charge < -0.3 is 5.73 Å². The Morgan fingerprint density at radius 1 is 1.44 bits per heavy atom. The van der Waals surface area contributed by atoms with E-state index in [4.69, 9.17) is 5.73 Å². The zero-order chi connectivity index (χ0) is 13.5. The maximum absolute atomic E-state index is 13.0. The van der Waals surface area contributed by atoms with Crippen LogP contribution in [0.25, 0.3) is 0 Å². The van der Waals surface area contributed by atoms with Gasteiger partial charge in [-0.3, -0.25) is 4.79 Å². The molecule has 2 nitrogen and oxygen atoms in total. The van der Waals surface area contributed by atoms with E-state index < -0.39 is 0 Å². The predicted molar refractivity (Wildman–Crippen MR) is 74.9 cm³/mol. The van der Waals surface area contributed by atoms with Crippen LogP contribution >= 0.6 is 15.9 Å². The van der Waals surface area contributed by atoms with E-state index in [0.717, 1.165) is 18.4 Å². The highest BCUT2D eigenvalue weighted by molar-refractivity contribution is 9.10. The van der Waals surface area contributed by atoms with Gasteiger partial charge in [0.1, 0.15) is 11.6 Å². The highest BCUT2D eigenvalue weighted by atomic mass is 79.9. The number of halogens is 2. The van der Waals surface area contributed by atoms with E-state index in [2.05, 4.69) is 22.9 Å². The molecule has 4 heteroatoms. The number of ketones is 1. The van der Waals surface area contributed by atoms with Gasteiger partial charge in [0.2, 0.25) is 0 Å². The second-order valence-corrected chi connectivity index (χ2v) is 5.54. The summed E-state index contributed by atoms with van der Waals surface area (Å²) >= 11 is 3.12. The van der Waals surface area contributed by atoms with E-state index in [1.807, 2.05) is 0 Å². The molecule has 1 atom stereocenters. The molecular formula is C14H19BrFNO. The Morgan fingerprint density at radius 3 is 2.78 bits per heavy atom. The molecule has 0 aromatic heterocycles. The topological polar surface area (TPSA) is 43.1 Å². The number of carbonyl (C=O) groups excluding carboxylic acids is 1. The minimum absolute atomic E-state index is 0.192. The smallest absolute Gasteiger partial charge is 0.137 e. The van der Waals surface area contributed by atoms with Gasteiger partial charge in [0.25, 0.3) is 0 Å². The molecule has 1 unspecified atom stereocenters. The first-order valence-corrected chi connectivity index (χ1v) is 6.98. The van der Waals surface area contributed by atoms with E-state index >= 15 is 0 Å². The van der Waals surface area contributed by atoms with E-state index in [1.165, 1.54) is 6.07 Å². The zero-order valence-electron chi connectivity index (χ0n) is 10.6. The molecule has 0 aliphatic heterocycles. The van der Waals surface area contributed by atoms with E-state index in [-0.39, 0.29) is 11.6 Å². The molecule has 1 rings (SSSR count). The lowest BCUT2D eigenvalue weighted by atomic mass is 9.98. The first kappa shape index (κ1) is 15.3. The van der Waals surface area contributed by atoms with Gasteiger partial charge in [-0.2, -0.15) is 0 Å². The zero-order valence-corrected chi connectivity index (χ0v) is 12.2. The second-order valence-electron chi connectivity index (χ2n) is 4.69. The van der Waals surface area contributed by atoms with Gasteiger partial charge in [-0.1, -0.05) is 13.0 Å². The highest BCUT2D eigenvalue weighted by Gasteiger charge is 2.08. The molecule has 0 aliphatic rings. The number of hydrogen-bond donors (Lipinski definition) is 1. The molecule has 1 aromatic carbocycles. The van der Waals surface area contributed by atoms with E-state index in [9.17, 15) is 9.18 Å². The van der Waals surface area contributed by atoms with E-state index in [1.54, 1.807) is 12.1 Å². The van der Waals surface area contributed by atoms with Gasteiger partial charge in [0, 0.05) is 12.8 Å². The number of benzene rings is 1. The number of rotatable bonds is 7. The Morgan fingerprint density at radius 2 is 2.17 bits per heavy atom. The van der Waals surface area contributed by atoms with Gasteiger partial charge in [0.15, 0.2) is 0 Å². The van der Waals surface area contributed by atoms with E-state index in [0.29, 0.717) is 29.8 Å².